The minimum Gasteiger partial charge on any atom is -0.353 e. The van der Waals surface area contributed by atoms with Crippen molar-refractivity contribution >= 4 is 28.6 Å². The molecule has 2 aromatic heterocycles. The molecule has 3 heterocycles. The Morgan fingerprint density at radius 2 is 1.95 bits per heavy atom. The van der Waals surface area contributed by atoms with Crippen LogP contribution in [-0.4, -0.2) is 42.4 Å². The van der Waals surface area contributed by atoms with Crippen LogP contribution in [0.2, 0.25) is 0 Å². The minimum absolute atomic E-state index is 0.521. The van der Waals surface area contributed by atoms with Crippen molar-refractivity contribution in [2.45, 2.75) is 0 Å². The molecule has 0 aromatic carbocycles. The summed E-state index contributed by atoms with van der Waals surface area (Å²) in [5, 5.41) is 2.73. The van der Waals surface area contributed by atoms with Crippen LogP contribution in [0.15, 0.2) is 29.8 Å². The van der Waals surface area contributed by atoms with E-state index in [2.05, 4.69) is 19.8 Å². The maximum absolute atomic E-state index is 10.6. The topological polar surface area (TPSA) is 49.3 Å². The van der Waals surface area contributed by atoms with E-state index in [1.54, 1.807) is 5.38 Å². The molecule has 1 saturated heterocycles. The molecular formula is C13H14N4OS. The number of aldehydes is 1. The van der Waals surface area contributed by atoms with Gasteiger partial charge in [-0.1, -0.05) is 6.07 Å². The molecule has 1 fully saturated rings. The molecule has 98 valence electrons. The Bertz CT molecular complexity index is 549. The van der Waals surface area contributed by atoms with E-state index in [1.165, 1.54) is 11.3 Å². The Morgan fingerprint density at radius 1 is 1.16 bits per heavy atom. The monoisotopic (exact) mass is 274 g/mol. The van der Waals surface area contributed by atoms with Crippen LogP contribution in [0.25, 0.3) is 0 Å². The number of anilines is 2. The summed E-state index contributed by atoms with van der Waals surface area (Å²) in [6, 6.07) is 5.96. The first kappa shape index (κ1) is 12.1. The van der Waals surface area contributed by atoms with Gasteiger partial charge in [-0.05, 0) is 12.1 Å². The van der Waals surface area contributed by atoms with Crippen LogP contribution in [0.4, 0.5) is 10.9 Å². The summed E-state index contributed by atoms with van der Waals surface area (Å²) in [5.41, 5.74) is 0.521. The smallest absolute Gasteiger partial charge is 0.186 e. The molecule has 5 nitrogen and oxygen atoms in total. The molecule has 0 unspecified atom stereocenters. The third-order valence-corrected chi connectivity index (χ3v) is 4.07. The lowest BCUT2D eigenvalue weighted by atomic mass is 10.3. The molecule has 0 aliphatic carbocycles. The molecular weight excluding hydrogens is 260 g/mol. The van der Waals surface area contributed by atoms with Crippen LogP contribution in [0.3, 0.4) is 0 Å². The molecule has 0 spiro atoms. The molecule has 0 bridgehead atoms. The van der Waals surface area contributed by atoms with Gasteiger partial charge in [0.15, 0.2) is 11.4 Å². The molecule has 3 rings (SSSR count). The average Bonchev–Trinajstić information content (AvgIpc) is 2.97. The van der Waals surface area contributed by atoms with E-state index in [-0.39, 0.29) is 0 Å². The van der Waals surface area contributed by atoms with E-state index >= 15 is 0 Å². The number of hydrogen-bond donors (Lipinski definition) is 0. The largest absolute Gasteiger partial charge is 0.353 e. The second-order valence-electron chi connectivity index (χ2n) is 4.33. The molecule has 19 heavy (non-hydrogen) atoms. The normalized spacial score (nSPS) is 15.6. The van der Waals surface area contributed by atoms with E-state index in [0.29, 0.717) is 5.69 Å². The lowest BCUT2D eigenvalue weighted by Gasteiger charge is -2.35. The number of hydrogen-bond acceptors (Lipinski definition) is 6. The van der Waals surface area contributed by atoms with Crippen molar-refractivity contribution in [3.63, 3.8) is 0 Å². The molecule has 1 aliphatic rings. The first-order chi connectivity index (χ1) is 9.36. The lowest BCUT2D eigenvalue weighted by molar-refractivity contribution is 0.111. The van der Waals surface area contributed by atoms with E-state index in [9.17, 15) is 4.79 Å². The highest BCUT2D eigenvalue weighted by molar-refractivity contribution is 7.13. The van der Waals surface area contributed by atoms with Crippen LogP contribution in [-0.2, 0) is 0 Å². The van der Waals surface area contributed by atoms with Gasteiger partial charge in [-0.3, -0.25) is 4.79 Å². The van der Waals surface area contributed by atoms with Crippen LogP contribution in [0.1, 0.15) is 10.5 Å². The van der Waals surface area contributed by atoms with E-state index < -0.39 is 0 Å². The Hall–Kier alpha value is -1.95. The van der Waals surface area contributed by atoms with Crippen LogP contribution in [0, 0.1) is 0 Å². The van der Waals surface area contributed by atoms with Gasteiger partial charge >= 0.3 is 0 Å². The van der Waals surface area contributed by atoms with Gasteiger partial charge in [-0.25, -0.2) is 9.97 Å². The van der Waals surface area contributed by atoms with E-state index in [1.807, 2.05) is 24.4 Å². The fourth-order valence-corrected chi connectivity index (χ4v) is 2.97. The maximum atomic E-state index is 10.6. The van der Waals surface area contributed by atoms with Crippen LogP contribution in [0.5, 0.6) is 0 Å². The predicted octanol–water partition coefficient (Wildman–Crippen LogP) is 1.68. The third kappa shape index (κ3) is 2.58. The van der Waals surface area contributed by atoms with Crippen LogP contribution >= 0.6 is 11.3 Å². The highest BCUT2D eigenvalue weighted by atomic mass is 32.1. The van der Waals surface area contributed by atoms with Crippen molar-refractivity contribution in [2.24, 2.45) is 0 Å². The maximum Gasteiger partial charge on any atom is 0.186 e. The summed E-state index contributed by atoms with van der Waals surface area (Å²) < 4.78 is 0. The van der Waals surface area contributed by atoms with Gasteiger partial charge in [0, 0.05) is 37.8 Å². The summed E-state index contributed by atoms with van der Waals surface area (Å²) in [5.74, 6) is 1.02. The van der Waals surface area contributed by atoms with Gasteiger partial charge in [0.2, 0.25) is 0 Å². The number of pyridine rings is 1. The standard InChI is InChI=1S/C13H14N4OS/c18-9-11-10-19-13(15-11)17-7-5-16(6-8-17)12-3-1-2-4-14-12/h1-4,9-10H,5-8H2. The van der Waals surface area contributed by atoms with Crippen molar-refractivity contribution in [3.8, 4) is 0 Å². The Kier molecular flexibility index (Phi) is 3.41. The Balaban J connectivity index is 1.65. The lowest BCUT2D eigenvalue weighted by Crippen LogP contribution is -2.46. The number of thiazole rings is 1. The fourth-order valence-electron chi connectivity index (χ4n) is 2.14. The molecule has 0 saturated carbocycles. The molecule has 1 aliphatic heterocycles. The van der Waals surface area contributed by atoms with E-state index in [4.69, 9.17) is 0 Å². The number of rotatable bonds is 3. The van der Waals surface area contributed by atoms with Crippen molar-refractivity contribution in [1.29, 1.82) is 0 Å². The second kappa shape index (κ2) is 5.36. The van der Waals surface area contributed by atoms with Crippen LogP contribution < -0.4 is 9.80 Å². The fraction of sp³-hybridized carbons (Fsp3) is 0.308. The highest BCUT2D eigenvalue weighted by Crippen LogP contribution is 2.22. The van der Waals surface area contributed by atoms with Gasteiger partial charge in [0.25, 0.3) is 0 Å². The summed E-state index contributed by atoms with van der Waals surface area (Å²) in [6.07, 6.45) is 2.61. The first-order valence-corrected chi connectivity index (χ1v) is 7.06. The third-order valence-electron chi connectivity index (χ3n) is 3.15. The minimum atomic E-state index is 0.521. The van der Waals surface area contributed by atoms with Crippen molar-refractivity contribution in [1.82, 2.24) is 9.97 Å². The summed E-state index contributed by atoms with van der Waals surface area (Å²) in [4.78, 5) is 23.8. The number of aromatic nitrogens is 2. The molecule has 0 N–H and O–H groups in total. The van der Waals surface area contributed by atoms with Gasteiger partial charge in [0.05, 0.1) is 0 Å². The number of carbonyl (C=O) groups is 1. The van der Waals surface area contributed by atoms with Crippen molar-refractivity contribution in [3.05, 3.63) is 35.5 Å². The Labute approximate surface area is 115 Å². The number of carbonyl (C=O) groups excluding carboxylic acids is 1. The number of nitrogens with zero attached hydrogens (tertiary/aromatic N) is 4. The molecule has 0 radical (unpaired) electrons. The number of piperazine rings is 1. The zero-order chi connectivity index (χ0) is 13.1. The second-order valence-corrected chi connectivity index (χ2v) is 5.17. The molecule has 6 heteroatoms. The molecule has 0 amide bonds. The van der Waals surface area contributed by atoms with Crippen molar-refractivity contribution < 1.29 is 4.79 Å². The molecule has 0 atom stereocenters. The molecule has 2 aromatic rings. The predicted molar refractivity (Wildman–Crippen MR) is 76.2 cm³/mol. The summed E-state index contributed by atoms with van der Waals surface area (Å²) >= 11 is 1.53. The van der Waals surface area contributed by atoms with Crippen molar-refractivity contribution in [2.75, 3.05) is 36.0 Å². The SMILES string of the molecule is O=Cc1csc(N2CCN(c3ccccn3)CC2)n1. The van der Waals surface area contributed by atoms with Gasteiger partial charge in [-0.2, -0.15) is 0 Å². The zero-order valence-electron chi connectivity index (χ0n) is 10.4. The quantitative estimate of drug-likeness (QED) is 0.797. The van der Waals surface area contributed by atoms with Gasteiger partial charge in [-0.15, -0.1) is 11.3 Å². The summed E-state index contributed by atoms with van der Waals surface area (Å²) in [6.45, 7) is 3.66. The first-order valence-electron chi connectivity index (χ1n) is 6.18. The van der Waals surface area contributed by atoms with Gasteiger partial charge < -0.3 is 9.80 Å². The average molecular weight is 274 g/mol. The van der Waals surface area contributed by atoms with E-state index in [0.717, 1.165) is 43.4 Å². The van der Waals surface area contributed by atoms with Gasteiger partial charge in [0.1, 0.15) is 11.5 Å². The Morgan fingerprint density at radius 3 is 2.58 bits per heavy atom. The zero-order valence-corrected chi connectivity index (χ0v) is 11.2. The highest BCUT2D eigenvalue weighted by Gasteiger charge is 2.19. The summed E-state index contributed by atoms with van der Waals surface area (Å²) in [7, 11) is 0.